The molecule has 21 heavy (non-hydrogen) atoms. The summed E-state index contributed by atoms with van der Waals surface area (Å²) in [5.74, 6) is 0.634. The minimum Gasteiger partial charge on any atom is -0.378 e. The topological polar surface area (TPSA) is 66.6 Å². The number of para-hydroxylation sites is 1. The quantitative estimate of drug-likeness (QED) is 0.666. The number of nitrogens with one attached hydrogen (secondary N) is 1. The fraction of sp³-hybridized carbons (Fsp3) is 0.438. The molecule has 3 rings (SSSR count). The Hall–Kier alpha value is -2.01. The summed E-state index contributed by atoms with van der Waals surface area (Å²) in [4.78, 5) is 9.94. The zero-order chi connectivity index (χ0) is 14.7. The number of ether oxygens (including phenoxy) is 1. The Balaban J connectivity index is 1.65. The van der Waals surface area contributed by atoms with Crippen LogP contribution < -0.4 is 5.73 Å². The number of aromatic nitrogens is 1. The van der Waals surface area contributed by atoms with Gasteiger partial charge >= 0.3 is 0 Å². The third kappa shape index (κ3) is 3.03. The number of hydrogen-bond acceptors (Lipinski definition) is 2. The van der Waals surface area contributed by atoms with E-state index >= 15 is 0 Å². The maximum atomic E-state index is 6.04. The summed E-state index contributed by atoms with van der Waals surface area (Å²) in [7, 11) is 0. The predicted molar refractivity (Wildman–Crippen MR) is 85.6 cm³/mol. The van der Waals surface area contributed by atoms with Crippen LogP contribution in [0.2, 0.25) is 0 Å². The lowest BCUT2D eigenvalue weighted by Gasteiger charge is -2.27. The van der Waals surface area contributed by atoms with Crippen molar-refractivity contribution >= 4 is 16.9 Å². The summed E-state index contributed by atoms with van der Waals surface area (Å²) >= 11 is 0. The van der Waals surface area contributed by atoms with Crippen LogP contribution in [0.5, 0.6) is 0 Å². The number of rotatable bonds is 3. The molecule has 112 valence electrons. The van der Waals surface area contributed by atoms with Gasteiger partial charge in [0.2, 0.25) is 0 Å². The van der Waals surface area contributed by atoms with Gasteiger partial charge in [0.25, 0.3) is 0 Å². The van der Waals surface area contributed by atoms with Gasteiger partial charge in [-0.1, -0.05) is 18.2 Å². The first-order chi connectivity index (χ1) is 10.3. The molecule has 1 aliphatic heterocycles. The van der Waals surface area contributed by atoms with E-state index in [1.807, 2.05) is 0 Å². The first kappa shape index (κ1) is 13.9. The van der Waals surface area contributed by atoms with Crippen molar-refractivity contribution < 1.29 is 4.74 Å². The molecule has 3 N–H and O–H groups in total. The van der Waals surface area contributed by atoms with Gasteiger partial charge in [0.1, 0.15) is 0 Å². The lowest BCUT2D eigenvalue weighted by Crippen LogP contribution is -2.44. The van der Waals surface area contributed by atoms with E-state index in [4.69, 9.17) is 10.5 Å². The number of guanidine groups is 1. The molecule has 0 amide bonds. The second kappa shape index (κ2) is 6.18. The molecule has 2 heterocycles. The minimum atomic E-state index is 0.634. The Bertz CT molecular complexity index is 641. The van der Waals surface area contributed by atoms with E-state index in [1.54, 1.807) is 0 Å². The van der Waals surface area contributed by atoms with Crippen LogP contribution in [0.4, 0.5) is 0 Å². The maximum Gasteiger partial charge on any atom is 0.191 e. The minimum absolute atomic E-state index is 0.634. The number of fused-ring (bicyclic) bond motifs is 1. The van der Waals surface area contributed by atoms with E-state index in [0.29, 0.717) is 12.5 Å². The molecule has 0 spiro atoms. The second-order valence-electron chi connectivity index (χ2n) is 5.40. The van der Waals surface area contributed by atoms with Gasteiger partial charge in [-0.05, 0) is 24.5 Å². The van der Waals surface area contributed by atoms with Gasteiger partial charge in [-0.15, -0.1) is 0 Å². The van der Waals surface area contributed by atoms with Gasteiger partial charge in [-0.25, -0.2) is 0 Å². The van der Waals surface area contributed by atoms with E-state index in [2.05, 4.69) is 46.2 Å². The summed E-state index contributed by atoms with van der Waals surface area (Å²) in [6.45, 7) is 5.97. The van der Waals surface area contributed by atoms with Crippen molar-refractivity contribution in [3.05, 3.63) is 35.5 Å². The highest BCUT2D eigenvalue weighted by Crippen LogP contribution is 2.21. The summed E-state index contributed by atoms with van der Waals surface area (Å²) in [6, 6.07) is 6.38. The summed E-state index contributed by atoms with van der Waals surface area (Å²) in [5, 5.41) is 1.29. The van der Waals surface area contributed by atoms with Gasteiger partial charge < -0.3 is 20.4 Å². The Morgan fingerprint density at radius 1 is 1.38 bits per heavy atom. The van der Waals surface area contributed by atoms with Crippen LogP contribution in [0.15, 0.2) is 29.4 Å². The van der Waals surface area contributed by atoms with Crippen LogP contribution in [0.3, 0.4) is 0 Å². The molecule has 0 saturated carbocycles. The van der Waals surface area contributed by atoms with Crippen LogP contribution in [-0.2, 0) is 11.2 Å². The number of H-pyrrole nitrogens is 1. The molecule has 1 aromatic carbocycles. The number of benzene rings is 1. The lowest BCUT2D eigenvalue weighted by atomic mass is 10.1. The Morgan fingerprint density at radius 3 is 3.00 bits per heavy atom. The van der Waals surface area contributed by atoms with E-state index in [-0.39, 0.29) is 0 Å². The van der Waals surface area contributed by atoms with Gasteiger partial charge in [0, 0.05) is 36.7 Å². The number of aromatic amines is 1. The van der Waals surface area contributed by atoms with Gasteiger partial charge in [-0.2, -0.15) is 0 Å². The van der Waals surface area contributed by atoms with Crippen molar-refractivity contribution in [3.63, 3.8) is 0 Å². The van der Waals surface area contributed by atoms with Crippen molar-refractivity contribution in [2.45, 2.75) is 13.3 Å². The summed E-state index contributed by atoms with van der Waals surface area (Å²) in [6.07, 6.45) is 2.98. The molecular formula is C16H22N4O. The van der Waals surface area contributed by atoms with Gasteiger partial charge in [0.05, 0.1) is 13.2 Å². The molecule has 0 bridgehead atoms. The van der Waals surface area contributed by atoms with Crippen LogP contribution >= 0.6 is 0 Å². The van der Waals surface area contributed by atoms with Gasteiger partial charge in [-0.3, -0.25) is 4.99 Å². The first-order valence-corrected chi connectivity index (χ1v) is 7.44. The SMILES string of the molecule is Cc1cccc2c(CCN=C(N)N3CCOCC3)c[nH]c12. The monoisotopic (exact) mass is 286 g/mol. The second-order valence-corrected chi connectivity index (χ2v) is 5.40. The highest BCUT2D eigenvalue weighted by Gasteiger charge is 2.12. The molecule has 5 heteroatoms. The molecule has 1 fully saturated rings. The highest BCUT2D eigenvalue weighted by molar-refractivity contribution is 5.86. The number of aliphatic imine (C=N–C) groups is 1. The molecule has 2 aromatic rings. The smallest absolute Gasteiger partial charge is 0.191 e. The lowest BCUT2D eigenvalue weighted by molar-refractivity contribution is 0.0674. The van der Waals surface area contributed by atoms with Crippen molar-refractivity contribution in [2.75, 3.05) is 32.8 Å². The third-order valence-electron chi connectivity index (χ3n) is 4.00. The van der Waals surface area contributed by atoms with Crippen molar-refractivity contribution in [2.24, 2.45) is 10.7 Å². The van der Waals surface area contributed by atoms with Crippen molar-refractivity contribution in [3.8, 4) is 0 Å². The van der Waals surface area contributed by atoms with Crippen LogP contribution in [0.1, 0.15) is 11.1 Å². The zero-order valence-electron chi connectivity index (χ0n) is 12.4. The summed E-state index contributed by atoms with van der Waals surface area (Å²) in [5.41, 5.74) is 9.83. The molecule has 0 unspecified atom stereocenters. The van der Waals surface area contributed by atoms with E-state index in [0.717, 1.165) is 32.7 Å². The van der Waals surface area contributed by atoms with Crippen molar-refractivity contribution in [1.29, 1.82) is 0 Å². The van der Waals surface area contributed by atoms with E-state index < -0.39 is 0 Å². The van der Waals surface area contributed by atoms with E-state index in [1.165, 1.54) is 22.0 Å². The van der Waals surface area contributed by atoms with Crippen LogP contribution in [0.25, 0.3) is 10.9 Å². The van der Waals surface area contributed by atoms with Gasteiger partial charge in [0.15, 0.2) is 5.96 Å². The fourth-order valence-electron chi connectivity index (χ4n) is 2.75. The molecule has 0 atom stereocenters. The average molecular weight is 286 g/mol. The fourth-order valence-corrected chi connectivity index (χ4v) is 2.75. The number of morpholine rings is 1. The number of aryl methyl sites for hydroxylation is 1. The van der Waals surface area contributed by atoms with Crippen LogP contribution in [0, 0.1) is 6.92 Å². The summed E-state index contributed by atoms with van der Waals surface area (Å²) < 4.78 is 5.32. The molecule has 1 saturated heterocycles. The highest BCUT2D eigenvalue weighted by atomic mass is 16.5. The number of hydrogen-bond donors (Lipinski definition) is 2. The average Bonchev–Trinajstić information content (AvgIpc) is 2.93. The number of nitrogens with zero attached hydrogens (tertiary/aromatic N) is 2. The van der Waals surface area contributed by atoms with Crippen LogP contribution in [-0.4, -0.2) is 48.7 Å². The predicted octanol–water partition coefficient (Wildman–Crippen LogP) is 1.67. The molecule has 0 radical (unpaired) electrons. The number of nitrogens with two attached hydrogens (primary N) is 1. The van der Waals surface area contributed by atoms with E-state index in [9.17, 15) is 0 Å². The zero-order valence-corrected chi connectivity index (χ0v) is 12.4. The first-order valence-electron chi connectivity index (χ1n) is 7.44. The Kier molecular flexibility index (Phi) is 4.10. The van der Waals surface area contributed by atoms with Crippen molar-refractivity contribution in [1.82, 2.24) is 9.88 Å². The Labute approximate surface area is 124 Å². The Morgan fingerprint density at radius 2 is 2.19 bits per heavy atom. The molecular weight excluding hydrogens is 264 g/mol. The largest absolute Gasteiger partial charge is 0.378 e. The normalized spacial score (nSPS) is 16.6. The molecule has 0 aliphatic carbocycles. The molecule has 5 nitrogen and oxygen atoms in total. The third-order valence-corrected chi connectivity index (χ3v) is 4.00. The molecule has 1 aromatic heterocycles. The maximum absolute atomic E-state index is 6.04. The standard InChI is InChI=1S/C16H22N4O/c1-12-3-2-4-14-13(11-19-15(12)14)5-6-18-16(17)20-7-9-21-10-8-20/h2-4,11,19H,5-10H2,1H3,(H2,17,18). The molecule has 1 aliphatic rings.